The van der Waals surface area contributed by atoms with Crippen molar-refractivity contribution in [2.75, 3.05) is 0 Å². The zero-order valence-electron chi connectivity index (χ0n) is 11.9. The maximum Gasteiger partial charge on any atom is 0.0886 e. The average molecular weight is 323 g/mol. The van der Waals surface area contributed by atoms with E-state index in [0.29, 0.717) is 0 Å². The summed E-state index contributed by atoms with van der Waals surface area (Å²) in [7, 11) is 0. The summed E-state index contributed by atoms with van der Waals surface area (Å²) in [6.07, 6.45) is 1.85. The normalized spacial score (nSPS) is 11.0. The van der Waals surface area contributed by atoms with Crippen LogP contribution in [0, 0.1) is 6.92 Å². The number of nitrogens with zero attached hydrogens (tertiary/aromatic N) is 2. The Bertz CT molecular complexity index is 904. The molecule has 0 amide bonds. The van der Waals surface area contributed by atoms with E-state index in [-0.39, 0.29) is 0 Å². The first-order valence-electron chi connectivity index (χ1n) is 6.92. The van der Waals surface area contributed by atoms with Gasteiger partial charge < -0.3 is 0 Å². The van der Waals surface area contributed by atoms with Crippen LogP contribution in [0.2, 0.25) is 0 Å². The summed E-state index contributed by atoms with van der Waals surface area (Å²) in [6.45, 7) is 1.97. The molecule has 0 saturated carbocycles. The fourth-order valence-electron chi connectivity index (χ4n) is 2.33. The Hall–Kier alpha value is -2.24. The van der Waals surface area contributed by atoms with Gasteiger partial charge in [0.05, 0.1) is 17.1 Å². The largest absolute Gasteiger partial charge is 0.276 e. The predicted molar refractivity (Wildman–Crippen MR) is 93.2 cm³/mol. The van der Waals surface area contributed by atoms with E-state index in [1.807, 2.05) is 30.5 Å². The molecule has 5 heteroatoms. The van der Waals surface area contributed by atoms with Crippen LogP contribution in [0.3, 0.4) is 0 Å². The Morgan fingerprint density at radius 3 is 2.68 bits per heavy atom. The lowest BCUT2D eigenvalue weighted by Gasteiger charge is -2.00. The zero-order valence-corrected chi connectivity index (χ0v) is 13.5. The highest BCUT2D eigenvalue weighted by Gasteiger charge is 2.08. The van der Waals surface area contributed by atoms with Crippen molar-refractivity contribution < 1.29 is 0 Å². The standard InChI is InChI=1S/C17H13N3S2/c1-11-9-14(20-19-11)13-10-12(6-7-18-13)15-4-5-17(22-15)16-3-2-8-21-16/h2-10H,1H3,(H,19,20). The molecule has 0 spiro atoms. The molecule has 0 saturated heterocycles. The second kappa shape index (κ2) is 5.51. The molecule has 4 aromatic heterocycles. The maximum atomic E-state index is 4.44. The van der Waals surface area contributed by atoms with E-state index >= 15 is 0 Å². The minimum Gasteiger partial charge on any atom is -0.276 e. The fourth-order valence-corrected chi connectivity index (χ4v) is 4.17. The molecule has 108 valence electrons. The van der Waals surface area contributed by atoms with Gasteiger partial charge in [-0.25, -0.2) is 0 Å². The molecule has 4 heterocycles. The zero-order chi connectivity index (χ0) is 14.9. The van der Waals surface area contributed by atoms with Crippen LogP contribution in [0.1, 0.15) is 5.69 Å². The van der Waals surface area contributed by atoms with E-state index in [2.05, 4.69) is 57.0 Å². The van der Waals surface area contributed by atoms with Crippen molar-refractivity contribution in [1.29, 1.82) is 0 Å². The van der Waals surface area contributed by atoms with Gasteiger partial charge in [0.25, 0.3) is 0 Å². The molecule has 0 aliphatic rings. The number of nitrogens with one attached hydrogen (secondary N) is 1. The summed E-state index contributed by atoms with van der Waals surface area (Å²) >= 11 is 3.58. The van der Waals surface area contributed by atoms with E-state index in [1.165, 1.54) is 20.2 Å². The average Bonchev–Trinajstić information content (AvgIpc) is 3.28. The Morgan fingerprint density at radius 1 is 1.00 bits per heavy atom. The molecule has 0 unspecified atom stereocenters. The molecule has 0 atom stereocenters. The van der Waals surface area contributed by atoms with Gasteiger partial charge in [0, 0.05) is 20.8 Å². The molecule has 4 rings (SSSR count). The molecule has 0 bridgehead atoms. The van der Waals surface area contributed by atoms with Crippen LogP contribution < -0.4 is 0 Å². The number of aromatic amines is 1. The highest BCUT2D eigenvalue weighted by molar-refractivity contribution is 7.23. The molecule has 1 N–H and O–H groups in total. The smallest absolute Gasteiger partial charge is 0.0886 e. The summed E-state index contributed by atoms with van der Waals surface area (Å²) in [6, 6.07) is 14.8. The summed E-state index contributed by atoms with van der Waals surface area (Å²) < 4.78 is 0. The molecule has 0 aliphatic carbocycles. The van der Waals surface area contributed by atoms with Crippen LogP contribution in [0.5, 0.6) is 0 Å². The second-order valence-electron chi connectivity index (χ2n) is 4.99. The number of H-pyrrole nitrogens is 1. The summed E-state index contributed by atoms with van der Waals surface area (Å²) in [5.74, 6) is 0. The van der Waals surface area contributed by atoms with Gasteiger partial charge in [0.15, 0.2) is 0 Å². The Labute approximate surface area is 136 Å². The molecule has 22 heavy (non-hydrogen) atoms. The van der Waals surface area contributed by atoms with Gasteiger partial charge in [-0.2, -0.15) is 5.10 Å². The van der Waals surface area contributed by atoms with Crippen LogP contribution >= 0.6 is 22.7 Å². The third-order valence-electron chi connectivity index (χ3n) is 3.40. The number of rotatable bonds is 3. The van der Waals surface area contributed by atoms with Crippen LogP contribution in [-0.4, -0.2) is 15.2 Å². The monoisotopic (exact) mass is 323 g/mol. The van der Waals surface area contributed by atoms with Crippen molar-refractivity contribution >= 4 is 22.7 Å². The lowest BCUT2D eigenvalue weighted by atomic mass is 10.1. The van der Waals surface area contributed by atoms with Gasteiger partial charge in [-0.3, -0.25) is 10.1 Å². The number of hydrogen-bond donors (Lipinski definition) is 1. The van der Waals surface area contributed by atoms with Gasteiger partial charge in [-0.05, 0) is 54.3 Å². The molecule has 0 fully saturated rings. The van der Waals surface area contributed by atoms with Gasteiger partial charge in [0.1, 0.15) is 0 Å². The number of hydrogen-bond acceptors (Lipinski definition) is 4. The third-order valence-corrected chi connectivity index (χ3v) is 5.60. The van der Waals surface area contributed by atoms with Crippen LogP contribution in [-0.2, 0) is 0 Å². The summed E-state index contributed by atoms with van der Waals surface area (Å²) in [4.78, 5) is 8.31. The van der Waals surface area contributed by atoms with Gasteiger partial charge in [-0.15, -0.1) is 22.7 Å². The van der Waals surface area contributed by atoms with Crippen molar-refractivity contribution in [2.24, 2.45) is 0 Å². The van der Waals surface area contributed by atoms with Gasteiger partial charge in [0.2, 0.25) is 0 Å². The lowest BCUT2D eigenvalue weighted by Crippen LogP contribution is -1.84. The molecular formula is C17H13N3S2. The Balaban J connectivity index is 1.71. The Kier molecular flexibility index (Phi) is 3.36. The van der Waals surface area contributed by atoms with Gasteiger partial charge in [-0.1, -0.05) is 6.07 Å². The number of thiophene rings is 2. The first kappa shape index (κ1) is 13.4. The highest BCUT2D eigenvalue weighted by atomic mass is 32.1. The van der Waals surface area contributed by atoms with E-state index < -0.39 is 0 Å². The summed E-state index contributed by atoms with van der Waals surface area (Å²) in [5.41, 5.74) is 4.03. The van der Waals surface area contributed by atoms with Crippen LogP contribution in [0.15, 0.2) is 54.0 Å². The minimum atomic E-state index is 0.921. The van der Waals surface area contributed by atoms with Crippen molar-refractivity contribution in [1.82, 2.24) is 15.2 Å². The molecule has 0 aromatic carbocycles. The number of aryl methyl sites for hydroxylation is 1. The molecular weight excluding hydrogens is 310 g/mol. The highest BCUT2D eigenvalue weighted by Crippen LogP contribution is 2.37. The minimum absolute atomic E-state index is 0.921. The SMILES string of the molecule is Cc1cc(-c2cc(-c3ccc(-c4cccs4)s3)ccn2)[nH]n1. The molecule has 4 aromatic rings. The molecule has 0 radical (unpaired) electrons. The van der Waals surface area contributed by atoms with E-state index in [9.17, 15) is 0 Å². The number of aromatic nitrogens is 3. The summed E-state index contributed by atoms with van der Waals surface area (Å²) in [5, 5.41) is 9.30. The lowest BCUT2D eigenvalue weighted by molar-refractivity contribution is 1.05. The van der Waals surface area contributed by atoms with Crippen molar-refractivity contribution in [3.63, 3.8) is 0 Å². The quantitative estimate of drug-likeness (QED) is 0.560. The topological polar surface area (TPSA) is 41.6 Å². The van der Waals surface area contributed by atoms with E-state index in [0.717, 1.165) is 17.1 Å². The Morgan fingerprint density at radius 2 is 1.91 bits per heavy atom. The van der Waals surface area contributed by atoms with E-state index in [4.69, 9.17) is 0 Å². The second-order valence-corrected chi connectivity index (χ2v) is 7.03. The first-order valence-corrected chi connectivity index (χ1v) is 8.62. The predicted octanol–water partition coefficient (Wildman–Crippen LogP) is 5.24. The third kappa shape index (κ3) is 2.49. The van der Waals surface area contributed by atoms with Crippen molar-refractivity contribution in [2.45, 2.75) is 6.92 Å². The van der Waals surface area contributed by atoms with E-state index in [1.54, 1.807) is 11.3 Å². The van der Waals surface area contributed by atoms with Crippen molar-refractivity contribution in [3.8, 4) is 31.6 Å². The number of pyridine rings is 1. The van der Waals surface area contributed by atoms with Crippen LogP contribution in [0.4, 0.5) is 0 Å². The first-order chi connectivity index (χ1) is 10.8. The van der Waals surface area contributed by atoms with Crippen LogP contribution in [0.25, 0.3) is 31.6 Å². The maximum absolute atomic E-state index is 4.44. The van der Waals surface area contributed by atoms with Gasteiger partial charge >= 0.3 is 0 Å². The fraction of sp³-hybridized carbons (Fsp3) is 0.0588. The molecule has 3 nitrogen and oxygen atoms in total. The molecule has 0 aliphatic heterocycles. The van der Waals surface area contributed by atoms with Crippen molar-refractivity contribution in [3.05, 3.63) is 59.7 Å².